The predicted octanol–water partition coefficient (Wildman–Crippen LogP) is 8.18. The molecule has 3 aromatic rings. The van der Waals surface area contributed by atoms with Gasteiger partial charge < -0.3 is 9.80 Å². The minimum atomic E-state index is -5.07. The van der Waals surface area contributed by atoms with Crippen molar-refractivity contribution < 1.29 is 39.5 Å². The summed E-state index contributed by atoms with van der Waals surface area (Å²) in [7, 11) is 0. The van der Waals surface area contributed by atoms with Crippen LogP contribution in [0.15, 0.2) is 36.4 Å². The van der Waals surface area contributed by atoms with Crippen molar-refractivity contribution in [1.82, 2.24) is 20.6 Å². The van der Waals surface area contributed by atoms with Crippen LogP contribution in [0.25, 0.3) is 0 Å². The lowest BCUT2D eigenvalue weighted by atomic mass is 9.86. The van der Waals surface area contributed by atoms with Crippen LogP contribution in [0.4, 0.5) is 51.1 Å². The molecule has 2 aliphatic rings. The third-order valence-corrected chi connectivity index (χ3v) is 8.33. The topological polar surface area (TPSA) is 60.9 Å². The number of tetrazole rings is 1. The van der Waals surface area contributed by atoms with Crippen LogP contribution in [0, 0.1) is 5.92 Å². The normalized spacial score (nSPS) is 20.0. The summed E-state index contributed by atoms with van der Waals surface area (Å²) in [4.78, 5) is 3.43. The highest BCUT2D eigenvalue weighted by molar-refractivity contribution is 5.62. The molecule has 0 spiro atoms. The lowest BCUT2D eigenvalue weighted by Gasteiger charge is -2.46. The molecule has 2 unspecified atom stereocenters. The summed E-state index contributed by atoms with van der Waals surface area (Å²) in [6.07, 6.45) is -9.85. The number of aromatic nitrogens is 4. The Balaban J connectivity index is 1.63. The quantitative estimate of drug-likeness (QED) is 0.270. The lowest BCUT2D eigenvalue weighted by Crippen LogP contribution is -2.46. The zero-order chi connectivity index (χ0) is 31.2. The van der Waals surface area contributed by atoms with E-state index in [1.54, 1.807) is 0 Å². The fourth-order valence-electron chi connectivity index (χ4n) is 6.27. The van der Waals surface area contributed by atoms with Gasteiger partial charge in [0.25, 0.3) is 5.95 Å². The van der Waals surface area contributed by atoms with E-state index in [0.717, 1.165) is 37.8 Å². The highest BCUT2D eigenvalue weighted by Crippen LogP contribution is 2.46. The molecule has 2 heterocycles. The number of rotatable bonds is 7. The highest BCUT2D eigenvalue weighted by Gasteiger charge is 2.41. The van der Waals surface area contributed by atoms with Crippen LogP contribution in [0.1, 0.15) is 79.3 Å². The van der Waals surface area contributed by atoms with Gasteiger partial charge in [0.05, 0.1) is 22.7 Å². The number of alkyl halides is 9. The fraction of sp³-hybridized carbons (Fsp3) is 0.536. The smallest absolute Gasteiger partial charge is 0.368 e. The molecule has 1 N–H and O–H groups in total. The minimum Gasteiger partial charge on any atom is -0.368 e. The number of nitrogens with zero attached hydrogens (tertiary/aromatic N) is 5. The van der Waals surface area contributed by atoms with Crippen molar-refractivity contribution in [1.29, 1.82) is 0 Å². The Morgan fingerprint density at radius 3 is 2.02 bits per heavy atom. The number of aromatic amines is 1. The van der Waals surface area contributed by atoms with Gasteiger partial charge in [-0.1, -0.05) is 24.9 Å². The number of hydrogen-bond donors (Lipinski definition) is 1. The van der Waals surface area contributed by atoms with E-state index in [2.05, 4.69) is 25.5 Å². The molecule has 1 saturated carbocycles. The highest BCUT2D eigenvalue weighted by atomic mass is 19.4. The maximum atomic E-state index is 13.9. The minimum absolute atomic E-state index is 0.0295. The lowest BCUT2D eigenvalue weighted by molar-refractivity contribution is -0.143. The third-order valence-electron chi connectivity index (χ3n) is 8.33. The van der Waals surface area contributed by atoms with Crippen LogP contribution in [0.5, 0.6) is 0 Å². The SMILES string of the molecule is CCC1CC(N(Cc2cc(C(F)(F)F)cc(C(F)(F)F)c2)c2nn[nH]n2)c2cc(C(F)(F)F)ccc2N1CC1CCCC1. The van der Waals surface area contributed by atoms with Crippen LogP contribution < -0.4 is 9.80 Å². The molecule has 1 aromatic heterocycles. The standard InChI is InChI=1S/C28H29F9N6/c1-2-21-13-24(22-12-18(26(29,30)31)7-8-23(22)42(21)14-16-5-3-4-6-16)43(25-38-40-41-39-25)15-17-9-19(27(32,33)34)11-20(10-17)28(35,36)37/h7-12,16,21,24H,2-6,13-15H2,1H3,(H,38,39,40,41). The number of hydrogen-bond acceptors (Lipinski definition) is 5. The van der Waals surface area contributed by atoms with E-state index in [4.69, 9.17) is 0 Å². The third kappa shape index (κ3) is 6.69. The van der Waals surface area contributed by atoms with Gasteiger partial charge in [-0.3, -0.25) is 0 Å². The summed E-state index contributed by atoms with van der Waals surface area (Å²) < 4.78 is 123. The molecule has 1 aliphatic carbocycles. The van der Waals surface area contributed by atoms with Crippen LogP contribution in [-0.4, -0.2) is 33.2 Å². The van der Waals surface area contributed by atoms with Gasteiger partial charge in [0, 0.05) is 24.8 Å². The van der Waals surface area contributed by atoms with Gasteiger partial charge in [-0.2, -0.15) is 44.7 Å². The van der Waals surface area contributed by atoms with E-state index in [-0.39, 0.29) is 35.6 Å². The van der Waals surface area contributed by atoms with Crippen molar-refractivity contribution in [2.45, 2.75) is 82.6 Å². The fourth-order valence-corrected chi connectivity index (χ4v) is 6.27. The Hall–Kier alpha value is -3.52. The number of halogens is 9. The summed E-state index contributed by atoms with van der Waals surface area (Å²) >= 11 is 0. The Morgan fingerprint density at radius 2 is 1.49 bits per heavy atom. The second-order valence-electron chi connectivity index (χ2n) is 11.1. The van der Waals surface area contributed by atoms with Gasteiger partial charge in [0.15, 0.2) is 0 Å². The average molecular weight is 621 g/mol. The number of H-pyrrole nitrogens is 1. The zero-order valence-corrected chi connectivity index (χ0v) is 23.0. The number of benzene rings is 2. The van der Waals surface area contributed by atoms with Crippen LogP contribution in [-0.2, 0) is 25.1 Å². The first-order valence-corrected chi connectivity index (χ1v) is 13.9. The molecule has 5 rings (SSSR count). The van der Waals surface area contributed by atoms with E-state index >= 15 is 0 Å². The molecule has 234 valence electrons. The second kappa shape index (κ2) is 11.5. The van der Waals surface area contributed by atoms with Gasteiger partial charge in [0.2, 0.25) is 0 Å². The molecule has 1 fully saturated rings. The summed E-state index contributed by atoms with van der Waals surface area (Å²) in [6, 6.07) is 3.55. The van der Waals surface area contributed by atoms with Crippen molar-refractivity contribution in [2.75, 3.05) is 16.3 Å². The molecule has 6 nitrogen and oxygen atoms in total. The van der Waals surface area contributed by atoms with Gasteiger partial charge in [-0.25, -0.2) is 0 Å². The number of anilines is 2. The van der Waals surface area contributed by atoms with Gasteiger partial charge >= 0.3 is 18.5 Å². The van der Waals surface area contributed by atoms with E-state index in [1.165, 1.54) is 11.0 Å². The maximum absolute atomic E-state index is 13.9. The summed E-state index contributed by atoms with van der Waals surface area (Å²) in [5, 5.41) is 13.6. The van der Waals surface area contributed by atoms with Crippen LogP contribution >= 0.6 is 0 Å². The van der Waals surface area contributed by atoms with Gasteiger partial charge in [-0.15, -0.1) is 5.10 Å². The average Bonchev–Trinajstić information content (AvgIpc) is 3.65. The van der Waals surface area contributed by atoms with E-state index in [1.807, 2.05) is 6.92 Å². The molecule has 2 atom stereocenters. The maximum Gasteiger partial charge on any atom is 0.416 e. The zero-order valence-electron chi connectivity index (χ0n) is 23.0. The van der Waals surface area contributed by atoms with E-state index < -0.39 is 47.8 Å². The monoisotopic (exact) mass is 620 g/mol. The molecule has 1 aliphatic heterocycles. The summed E-state index contributed by atoms with van der Waals surface area (Å²) in [5.74, 6) is 0.193. The molecule has 15 heteroatoms. The summed E-state index contributed by atoms with van der Waals surface area (Å²) in [6.45, 7) is 2.01. The largest absolute Gasteiger partial charge is 0.416 e. The molecule has 0 amide bonds. The molecule has 0 saturated heterocycles. The van der Waals surface area contributed by atoms with Crippen LogP contribution in [0.2, 0.25) is 0 Å². The van der Waals surface area contributed by atoms with Crippen molar-refractivity contribution in [3.8, 4) is 0 Å². The van der Waals surface area contributed by atoms with Crippen molar-refractivity contribution >= 4 is 11.6 Å². The molecular formula is C28H29F9N6. The number of fused-ring (bicyclic) bond motifs is 1. The first-order valence-electron chi connectivity index (χ1n) is 13.9. The predicted molar refractivity (Wildman–Crippen MR) is 139 cm³/mol. The Labute approximate surface area is 241 Å². The van der Waals surface area contributed by atoms with Crippen molar-refractivity contribution in [3.05, 3.63) is 64.2 Å². The molecule has 0 radical (unpaired) electrons. The van der Waals surface area contributed by atoms with Crippen molar-refractivity contribution in [3.63, 3.8) is 0 Å². The van der Waals surface area contributed by atoms with Crippen molar-refractivity contribution in [2.24, 2.45) is 5.92 Å². The molecule has 43 heavy (non-hydrogen) atoms. The van der Waals surface area contributed by atoms with Gasteiger partial charge in [-0.05, 0) is 84.3 Å². The first kappa shape index (κ1) is 30.9. The Kier molecular flexibility index (Phi) is 8.29. The molecule has 0 bridgehead atoms. The summed E-state index contributed by atoms with van der Waals surface area (Å²) in [5.41, 5.74) is -3.49. The second-order valence-corrected chi connectivity index (χ2v) is 11.1. The Morgan fingerprint density at radius 1 is 0.860 bits per heavy atom. The van der Waals surface area contributed by atoms with E-state index in [9.17, 15) is 39.5 Å². The molecular weight excluding hydrogens is 591 g/mol. The molecule has 2 aromatic carbocycles. The number of nitrogens with one attached hydrogen (secondary N) is 1. The van der Waals surface area contributed by atoms with Gasteiger partial charge in [0.1, 0.15) is 0 Å². The first-order chi connectivity index (χ1) is 20.1. The van der Waals surface area contributed by atoms with E-state index in [0.29, 0.717) is 36.7 Å². The van der Waals surface area contributed by atoms with Crippen LogP contribution in [0.3, 0.4) is 0 Å². The Bertz CT molecular complexity index is 1360.